The van der Waals surface area contributed by atoms with E-state index in [0.29, 0.717) is 23.6 Å². The molecule has 0 saturated carbocycles. The average molecular weight is 466 g/mol. The van der Waals surface area contributed by atoms with Crippen molar-refractivity contribution >= 4 is 11.6 Å². The Morgan fingerprint density at radius 1 is 1.16 bits per heavy atom. The van der Waals surface area contributed by atoms with Gasteiger partial charge in [-0.1, -0.05) is 29.8 Å². The van der Waals surface area contributed by atoms with Gasteiger partial charge in [-0.25, -0.2) is 0 Å². The van der Waals surface area contributed by atoms with Gasteiger partial charge in [0.1, 0.15) is 30.2 Å². The van der Waals surface area contributed by atoms with Crippen molar-refractivity contribution in [2.45, 2.75) is 49.1 Å². The van der Waals surface area contributed by atoms with E-state index in [1.54, 1.807) is 18.2 Å². The van der Waals surface area contributed by atoms with Crippen LogP contribution in [0.1, 0.15) is 23.6 Å². The zero-order chi connectivity index (χ0) is 23.1. The van der Waals surface area contributed by atoms with Gasteiger partial charge in [0.15, 0.2) is 5.60 Å². The summed E-state index contributed by atoms with van der Waals surface area (Å²) in [6.07, 6.45) is -5.61. The molecule has 0 aliphatic carbocycles. The molecule has 8 nitrogen and oxygen atoms in total. The number of hydrogen-bond donors (Lipinski definition) is 5. The monoisotopic (exact) mass is 465 g/mol. The fourth-order valence-corrected chi connectivity index (χ4v) is 4.61. The van der Waals surface area contributed by atoms with Crippen molar-refractivity contribution in [3.63, 3.8) is 0 Å². The molecule has 174 valence electrons. The van der Waals surface area contributed by atoms with Gasteiger partial charge < -0.3 is 40.4 Å². The number of hydrogen-bond acceptors (Lipinski definition) is 8. The van der Waals surface area contributed by atoms with Gasteiger partial charge >= 0.3 is 0 Å². The van der Waals surface area contributed by atoms with Gasteiger partial charge in [-0.15, -0.1) is 0 Å². The van der Waals surface area contributed by atoms with E-state index in [9.17, 15) is 20.4 Å². The summed E-state index contributed by atoms with van der Waals surface area (Å²) in [4.78, 5) is 0. The summed E-state index contributed by atoms with van der Waals surface area (Å²) in [5, 5.41) is 42.8. The van der Waals surface area contributed by atoms with E-state index in [1.807, 2.05) is 31.2 Å². The van der Waals surface area contributed by atoms with Gasteiger partial charge in [0, 0.05) is 17.1 Å². The molecular formula is C23H28ClNO7. The highest BCUT2D eigenvalue weighted by Gasteiger charge is 2.69. The highest BCUT2D eigenvalue weighted by molar-refractivity contribution is 6.31. The summed E-state index contributed by atoms with van der Waals surface area (Å²) in [5.74, 6) is -1.01. The quantitative estimate of drug-likeness (QED) is 0.403. The third kappa shape index (κ3) is 3.70. The molecule has 0 aromatic heterocycles. The van der Waals surface area contributed by atoms with Crippen LogP contribution in [0.15, 0.2) is 42.5 Å². The van der Waals surface area contributed by atoms with E-state index in [4.69, 9.17) is 31.5 Å². The lowest BCUT2D eigenvalue weighted by Crippen LogP contribution is -2.69. The first kappa shape index (κ1) is 23.4. The minimum Gasteiger partial charge on any atom is -0.494 e. The molecule has 9 heteroatoms. The van der Waals surface area contributed by atoms with Crippen molar-refractivity contribution in [1.29, 1.82) is 0 Å². The molecular weight excluding hydrogens is 438 g/mol. The highest BCUT2D eigenvalue weighted by atomic mass is 35.5. The van der Waals surface area contributed by atoms with E-state index in [-0.39, 0.29) is 13.2 Å². The van der Waals surface area contributed by atoms with Crippen molar-refractivity contribution in [3.8, 4) is 5.75 Å². The molecule has 2 bridgehead atoms. The number of aliphatic hydroxyl groups excluding tert-OH is 4. The predicted octanol–water partition coefficient (Wildman–Crippen LogP) is 0.684. The molecule has 2 aliphatic rings. The van der Waals surface area contributed by atoms with Gasteiger partial charge in [-0.2, -0.15) is 0 Å². The maximum absolute atomic E-state index is 10.8. The molecule has 2 heterocycles. The lowest BCUT2D eigenvalue weighted by atomic mass is 9.80. The first-order chi connectivity index (χ1) is 15.3. The third-order valence-electron chi connectivity index (χ3n) is 6.26. The molecule has 4 rings (SSSR count). The molecule has 3 unspecified atom stereocenters. The zero-order valence-electron chi connectivity index (χ0n) is 17.6. The molecule has 2 aromatic carbocycles. The van der Waals surface area contributed by atoms with E-state index in [0.717, 1.165) is 16.9 Å². The number of fused-ring (bicyclic) bond motifs is 2. The molecule has 2 fully saturated rings. The lowest BCUT2D eigenvalue weighted by molar-refractivity contribution is -0.337. The van der Waals surface area contributed by atoms with Crippen molar-refractivity contribution in [1.82, 2.24) is 0 Å². The Hall–Kier alpha value is -1.75. The van der Waals surface area contributed by atoms with Crippen molar-refractivity contribution in [2.75, 3.05) is 19.8 Å². The lowest BCUT2D eigenvalue weighted by Gasteiger charge is -2.48. The minimum atomic E-state index is -1.78. The number of rotatable bonds is 7. The van der Waals surface area contributed by atoms with E-state index in [1.165, 1.54) is 0 Å². The molecule has 0 radical (unpaired) electrons. The predicted molar refractivity (Wildman–Crippen MR) is 116 cm³/mol. The smallest absolute Gasteiger partial charge is 0.225 e. The van der Waals surface area contributed by atoms with Gasteiger partial charge in [-0.05, 0) is 48.7 Å². The zero-order valence-corrected chi connectivity index (χ0v) is 18.4. The summed E-state index contributed by atoms with van der Waals surface area (Å²) < 4.78 is 17.3. The Morgan fingerprint density at radius 3 is 2.53 bits per heavy atom. The van der Waals surface area contributed by atoms with Crippen LogP contribution < -0.4 is 10.5 Å². The van der Waals surface area contributed by atoms with Gasteiger partial charge in [0.05, 0.1) is 13.2 Å². The van der Waals surface area contributed by atoms with Crippen LogP contribution in [-0.4, -0.2) is 70.2 Å². The van der Waals surface area contributed by atoms with E-state index < -0.39 is 35.8 Å². The van der Waals surface area contributed by atoms with Crippen LogP contribution in [0.25, 0.3) is 0 Å². The normalized spacial score (nSPS) is 32.7. The van der Waals surface area contributed by atoms with Gasteiger partial charge in [-0.3, -0.25) is 0 Å². The summed E-state index contributed by atoms with van der Waals surface area (Å²) in [5.41, 5.74) is 6.08. The standard InChI is InChI=1S/C23H28ClNO7/c1-2-30-16-6-3-13(4-7-16)9-14-10-15(5-8-17(14)24)23-21(29)19(27)20(28)22(32-23,12-31-23)18(26)11-25/h3-8,10,18-21,26-29H,2,9,11-12,25H2,1H3/t18?,19-,20-,21+,22?,23?/m0/s1. The van der Waals surface area contributed by atoms with Crippen molar-refractivity contribution < 1.29 is 34.6 Å². The maximum atomic E-state index is 10.8. The Balaban J connectivity index is 1.68. The van der Waals surface area contributed by atoms with Crippen LogP contribution in [0.3, 0.4) is 0 Å². The first-order valence-electron chi connectivity index (χ1n) is 10.5. The van der Waals surface area contributed by atoms with Gasteiger partial charge in [0.25, 0.3) is 0 Å². The summed E-state index contributed by atoms with van der Waals surface area (Å²) in [7, 11) is 0. The van der Waals surface area contributed by atoms with Crippen molar-refractivity contribution in [3.05, 3.63) is 64.2 Å². The second kappa shape index (κ2) is 8.89. The Bertz CT molecular complexity index is 958. The fraction of sp³-hybridized carbons (Fsp3) is 0.478. The first-order valence-corrected chi connectivity index (χ1v) is 10.9. The summed E-state index contributed by atoms with van der Waals surface area (Å²) >= 11 is 6.44. The Morgan fingerprint density at radius 2 is 1.88 bits per heavy atom. The average Bonchev–Trinajstić information content (AvgIpc) is 3.19. The molecule has 6 N–H and O–H groups in total. The number of halogens is 1. The topological polar surface area (TPSA) is 135 Å². The van der Waals surface area contributed by atoms with Crippen LogP contribution in [-0.2, 0) is 21.7 Å². The number of nitrogens with two attached hydrogens (primary N) is 1. The number of benzene rings is 2. The maximum Gasteiger partial charge on any atom is 0.225 e. The van der Waals surface area contributed by atoms with Crippen LogP contribution in [0.4, 0.5) is 0 Å². The van der Waals surface area contributed by atoms with E-state index >= 15 is 0 Å². The molecule has 0 amide bonds. The second-order valence-corrected chi connectivity index (χ2v) is 8.61. The minimum absolute atomic E-state index is 0.219. The van der Waals surface area contributed by atoms with Crippen molar-refractivity contribution in [2.24, 2.45) is 5.73 Å². The van der Waals surface area contributed by atoms with E-state index in [2.05, 4.69) is 0 Å². The largest absolute Gasteiger partial charge is 0.494 e. The number of aliphatic hydroxyl groups is 4. The van der Waals surface area contributed by atoms with Crippen LogP contribution >= 0.6 is 11.6 Å². The highest BCUT2D eigenvalue weighted by Crippen LogP contribution is 2.51. The molecule has 32 heavy (non-hydrogen) atoms. The second-order valence-electron chi connectivity index (χ2n) is 8.20. The molecule has 2 aliphatic heterocycles. The number of ether oxygens (including phenoxy) is 3. The van der Waals surface area contributed by atoms with Crippen LogP contribution in [0, 0.1) is 0 Å². The van der Waals surface area contributed by atoms with Gasteiger partial charge in [0.2, 0.25) is 5.79 Å². The summed E-state index contributed by atoms with van der Waals surface area (Å²) in [6, 6.07) is 12.7. The molecule has 2 aromatic rings. The van der Waals surface area contributed by atoms with Crippen LogP contribution in [0.2, 0.25) is 5.02 Å². The Labute approximate surface area is 191 Å². The Kier molecular flexibility index (Phi) is 6.50. The SMILES string of the molecule is CCOc1ccc(Cc2cc(C34OCC(C(O)CN)(O3)[C@@H](O)[C@H](O)[C@H]4O)ccc2Cl)cc1. The molecule has 0 spiro atoms. The summed E-state index contributed by atoms with van der Waals surface area (Å²) in [6.45, 7) is 2.03. The molecule has 2 saturated heterocycles. The fourth-order valence-electron chi connectivity index (χ4n) is 4.43. The molecule has 6 atom stereocenters. The third-order valence-corrected chi connectivity index (χ3v) is 6.62. The van der Waals surface area contributed by atoms with Crippen LogP contribution in [0.5, 0.6) is 5.75 Å².